The highest BCUT2D eigenvalue weighted by molar-refractivity contribution is 5.95. The maximum atomic E-state index is 14.1. The lowest BCUT2D eigenvalue weighted by Crippen LogP contribution is -2.55. The summed E-state index contributed by atoms with van der Waals surface area (Å²) in [7, 11) is 0. The fourth-order valence-corrected chi connectivity index (χ4v) is 5.15. The van der Waals surface area contributed by atoms with Gasteiger partial charge in [-0.25, -0.2) is 11.3 Å². The van der Waals surface area contributed by atoms with Crippen LogP contribution in [0, 0.1) is 23.2 Å². The summed E-state index contributed by atoms with van der Waals surface area (Å²) in [5.74, 6) is 2.04. The van der Waals surface area contributed by atoms with Crippen molar-refractivity contribution in [2.45, 2.75) is 52.4 Å². The molecule has 0 saturated heterocycles. The van der Waals surface area contributed by atoms with E-state index in [1.54, 1.807) is 5.48 Å². The molecule has 7 N–H and O–H groups in total. The molecule has 0 saturated carbocycles. The standard InChI is InChI=1S/C28H40N4O4/c1-20(2)18-23(26(34)31-30)25(27(35)32-36)28(24(33)14-9-17-29,19-22-12-7-4-8-13-22)16-15-21-10-5-3-6-11-21/h3-8,10-13,20,23,25,36H,9,14-19,29-30H2,1-2H3,(H,31,34)(H,32,35)/t23-,25-,28?/m1/s1. The van der Waals surface area contributed by atoms with Crippen LogP contribution in [0.25, 0.3) is 0 Å². The van der Waals surface area contributed by atoms with Crippen LogP contribution in [0.2, 0.25) is 0 Å². The Balaban J connectivity index is 2.75. The molecule has 2 aromatic rings. The molecule has 1 unspecified atom stereocenters. The Morgan fingerprint density at radius 1 is 0.944 bits per heavy atom. The van der Waals surface area contributed by atoms with Crippen LogP contribution in [-0.2, 0) is 27.2 Å². The number of amides is 2. The first-order valence-corrected chi connectivity index (χ1v) is 12.5. The number of rotatable bonds is 15. The zero-order chi connectivity index (χ0) is 26.6. The van der Waals surface area contributed by atoms with Gasteiger partial charge in [0.25, 0.3) is 0 Å². The van der Waals surface area contributed by atoms with Gasteiger partial charge in [-0.1, -0.05) is 74.5 Å². The number of hydroxylamine groups is 1. The van der Waals surface area contributed by atoms with Gasteiger partial charge in [0, 0.05) is 11.8 Å². The Bertz CT molecular complexity index is 968. The van der Waals surface area contributed by atoms with E-state index in [1.165, 1.54) is 0 Å². The summed E-state index contributed by atoms with van der Waals surface area (Å²) in [6.45, 7) is 4.19. The van der Waals surface area contributed by atoms with Crippen molar-refractivity contribution in [3.63, 3.8) is 0 Å². The van der Waals surface area contributed by atoms with Crippen LogP contribution in [-0.4, -0.2) is 29.3 Å². The number of carbonyl (C=O) groups is 3. The topological polar surface area (TPSA) is 148 Å². The second kappa shape index (κ2) is 14.5. The lowest BCUT2D eigenvalue weighted by atomic mass is 9.59. The van der Waals surface area contributed by atoms with Gasteiger partial charge in [0.15, 0.2) is 0 Å². The van der Waals surface area contributed by atoms with Crippen LogP contribution in [0.3, 0.4) is 0 Å². The van der Waals surface area contributed by atoms with Crippen molar-refractivity contribution in [1.29, 1.82) is 0 Å². The molecule has 0 fully saturated rings. The second-order valence-electron chi connectivity index (χ2n) is 9.82. The third-order valence-electron chi connectivity index (χ3n) is 6.82. The third-order valence-corrected chi connectivity index (χ3v) is 6.82. The van der Waals surface area contributed by atoms with Crippen molar-refractivity contribution < 1.29 is 19.6 Å². The average Bonchev–Trinajstić information content (AvgIpc) is 2.89. The van der Waals surface area contributed by atoms with Crippen LogP contribution in [0.4, 0.5) is 0 Å². The maximum absolute atomic E-state index is 14.1. The van der Waals surface area contributed by atoms with E-state index in [0.29, 0.717) is 32.2 Å². The molecular formula is C28H40N4O4. The van der Waals surface area contributed by atoms with E-state index in [2.05, 4.69) is 5.43 Å². The molecule has 8 nitrogen and oxygen atoms in total. The van der Waals surface area contributed by atoms with Gasteiger partial charge in [-0.15, -0.1) is 0 Å². The van der Waals surface area contributed by atoms with Crippen molar-refractivity contribution in [3.05, 3.63) is 71.8 Å². The van der Waals surface area contributed by atoms with E-state index in [0.717, 1.165) is 11.1 Å². The van der Waals surface area contributed by atoms with Gasteiger partial charge < -0.3 is 5.73 Å². The number of hydrogen-bond donors (Lipinski definition) is 5. The average molecular weight is 497 g/mol. The van der Waals surface area contributed by atoms with Gasteiger partial charge in [0.2, 0.25) is 11.8 Å². The van der Waals surface area contributed by atoms with Crippen LogP contribution < -0.4 is 22.5 Å². The first-order valence-electron chi connectivity index (χ1n) is 12.5. The van der Waals surface area contributed by atoms with E-state index in [4.69, 9.17) is 11.6 Å². The molecule has 0 bridgehead atoms. The van der Waals surface area contributed by atoms with Crippen molar-refractivity contribution in [2.75, 3.05) is 6.54 Å². The third kappa shape index (κ3) is 7.71. The normalized spacial score (nSPS) is 14.5. The van der Waals surface area contributed by atoms with E-state index in [-0.39, 0.29) is 24.5 Å². The molecule has 0 radical (unpaired) electrons. The molecule has 0 aromatic heterocycles. The minimum atomic E-state index is -1.29. The summed E-state index contributed by atoms with van der Waals surface area (Å²) in [5.41, 5.74) is 10.3. The summed E-state index contributed by atoms with van der Waals surface area (Å²) in [5, 5.41) is 9.82. The van der Waals surface area contributed by atoms with Gasteiger partial charge in [-0.2, -0.15) is 0 Å². The monoisotopic (exact) mass is 496 g/mol. The number of aryl methyl sites for hydroxylation is 1. The predicted molar refractivity (Wildman–Crippen MR) is 139 cm³/mol. The molecule has 0 spiro atoms. The van der Waals surface area contributed by atoms with Gasteiger partial charge in [0.1, 0.15) is 5.78 Å². The zero-order valence-corrected chi connectivity index (χ0v) is 21.3. The van der Waals surface area contributed by atoms with Crippen LogP contribution in [0.5, 0.6) is 0 Å². The SMILES string of the molecule is CC(C)C[C@@H](C(=O)NN)[C@H](C(=O)NO)C(CCc1ccccc1)(Cc1ccccc1)C(=O)CCCN. The van der Waals surface area contributed by atoms with E-state index >= 15 is 0 Å². The molecule has 196 valence electrons. The van der Waals surface area contributed by atoms with Crippen LogP contribution in [0.15, 0.2) is 60.7 Å². The van der Waals surface area contributed by atoms with Crippen molar-refractivity contribution in [1.82, 2.24) is 10.9 Å². The summed E-state index contributed by atoms with van der Waals surface area (Å²) >= 11 is 0. The van der Waals surface area contributed by atoms with Crippen molar-refractivity contribution >= 4 is 17.6 Å². The fraction of sp³-hybridized carbons (Fsp3) is 0.464. The molecule has 0 aliphatic heterocycles. The van der Waals surface area contributed by atoms with Gasteiger partial charge in [0.05, 0.1) is 11.8 Å². The van der Waals surface area contributed by atoms with Crippen molar-refractivity contribution in [3.8, 4) is 0 Å². The van der Waals surface area contributed by atoms with Crippen molar-refractivity contribution in [2.24, 2.45) is 34.7 Å². The van der Waals surface area contributed by atoms with E-state index in [1.807, 2.05) is 74.5 Å². The van der Waals surface area contributed by atoms with Crippen LogP contribution in [0.1, 0.15) is 50.7 Å². The fourth-order valence-electron chi connectivity index (χ4n) is 5.15. The Labute approximate surface area is 213 Å². The Hall–Kier alpha value is -3.07. The highest BCUT2D eigenvalue weighted by Gasteiger charge is 2.53. The molecule has 3 atom stereocenters. The van der Waals surface area contributed by atoms with Gasteiger partial charge in [-0.05, 0) is 55.7 Å². The summed E-state index contributed by atoms with van der Waals surface area (Å²) in [6.07, 6.45) is 1.97. The molecule has 0 heterocycles. The highest BCUT2D eigenvalue weighted by Crippen LogP contribution is 2.45. The minimum absolute atomic E-state index is 0.0315. The quantitative estimate of drug-likeness (QED) is 0.111. The minimum Gasteiger partial charge on any atom is -0.330 e. The molecule has 36 heavy (non-hydrogen) atoms. The molecule has 0 aliphatic carbocycles. The molecule has 8 heteroatoms. The Kier molecular flexibility index (Phi) is 11.7. The maximum Gasteiger partial charge on any atom is 0.248 e. The largest absolute Gasteiger partial charge is 0.330 e. The molecule has 2 aromatic carbocycles. The van der Waals surface area contributed by atoms with Crippen LogP contribution >= 0.6 is 0 Å². The Morgan fingerprint density at radius 3 is 2.03 bits per heavy atom. The predicted octanol–water partition coefficient (Wildman–Crippen LogP) is 2.93. The number of nitrogens with two attached hydrogens (primary N) is 2. The lowest BCUT2D eigenvalue weighted by Gasteiger charge is -2.42. The highest BCUT2D eigenvalue weighted by atomic mass is 16.5. The number of hydrogen-bond acceptors (Lipinski definition) is 6. The molecule has 2 rings (SSSR count). The molecular weight excluding hydrogens is 456 g/mol. The van der Waals surface area contributed by atoms with Gasteiger partial charge in [-0.3, -0.25) is 25.0 Å². The van der Waals surface area contributed by atoms with E-state index in [9.17, 15) is 19.6 Å². The Morgan fingerprint density at radius 2 is 1.53 bits per heavy atom. The number of ketones is 1. The van der Waals surface area contributed by atoms with E-state index < -0.39 is 29.1 Å². The first-order chi connectivity index (χ1) is 17.3. The second-order valence-corrected chi connectivity index (χ2v) is 9.82. The first kappa shape index (κ1) is 29.2. The smallest absolute Gasteiger partial charge is 0.248 e. The zero-order valence-electron chi connectivity index (χ0n) is 21.3. The number of Topliss-reactive ketones (excluding diaryl/α,β-unsaturated/α-hetero) is 1. The summed E-state index contributed by atoms with van der Waals surface area (Å²) in [6, 6.07) is 19.1. The molecule has 0 aliphatic rings. The lowest BCUT2D eigenvalue weighted by molar-refractivity contribution is -0.154. The van der Waals surface area contributed by atoms with Gasteiger partial charge >= 0.3 is 0 Å². The summed E-state index contributed by atoms with van der Waals surface area (Å²) in [4.78, 5) is 40.6. The number of nitrogens with one attached hydrogen (secondary N) is 2. The number of benzene rings is 2. The number of carbonyl (C=O) groups excluding carboxylic acids is 3. The number of hydrazine groups is 1. The summed E-state index contributed by atoms with van der Waals surface area (Å²) < 4.78 is 0. The molecule has 2 amide bonds.